The van der Waals surface area contributed by atoms with Crippen LogP contribution in [0.1, 0.15) is 26.3 Å². The molecule has 6 heteroatoms. The largest absolute Gasteiger partial charge is 0.354 e. The van der Waals surface area contributed by atoms with E-state index in [1.807, 2.05) is 36.4 Å². The zero-order chi connectivity index (χ0) is 21.2. The van der Waals surface area contributed by atoms with Crippen molar-refractivity contribution in [1.29, 1.82) is 0 Å². The van der Waals surface area contributed by atoms with E-state index in [0.717, 1.165) is 12.0 Å². The molecule has 152 valence electrons. The molecule has 6 nitrogen and oxygen atoms in total. The van der Waals surface area contributed by atoms with Crippen LogP contribution < -0.4 is 16.0 Å². The number of hydrogen-bond donors (Lipinski definition) is 3. The summed E-state index contributed by atoms with van der Waals surface area (Å²) in [6, 6.07) is 25.2. The standard InChI is InChI=1S/C24H23N3O3/c28-22(25-16-15-18-7-3-1-4-8-18)17-26-23(29)20-11-13-21(14-12-20)27-24(30)19-9-5-2-6-10-19/h1-14H,15-17H2,(H,25,28)(H,26,29)(H,27,30). The summed E-state index contributed by atoms with van der Waals surface area (Å²) in [5, 5.41) is 8.15. The van der Waals surface area contributed by atoms with Crippen LogP contribution >= 0.6 is 0 Å². The maximum Gasteiger partial charge on any atom is 0.255 e. The van der Waals surface area contributed by atoms with E-state index in [1.165, 1.54) is 0 Å². The van der Waals surface area contributed by atoms with Crippen LogP contribution in [-0.4, -0.2) is 30.8 Å². The van der Waals surface area contributed by atoms with E-state index in [4.69, 9.17) is 0 Å². The molecule has 30 heavy (non-hydrogen) atoms. The summed E-state index contributed by atoms with van der Waals surface area (Å²) in [6.07, 6.45) is 0.733. The molecular weight excluding hydrogens is 378 g/mol. The van der Waals surface area contributed by atoms with Gasteiger partial charge in [0.15, 0.2) is 0 Å². The fourth-order valence-corrected chi connectivity index (χ4v) is 2.81. The molecule has 0 fully saturated rings. The highest BCUT2D eigenvalue weighted by Gasteiger charge is 2.09. The Morgan fingerprint density at radius 3 is 1.90 bits per heavy atom. The lowest BCUT2D eigenvalue weighted by atomic mass is 10.1. The van der Waals surface area contributed by atoms with Crippen molar-refractivity contribution in [3.05, 3.63) is 102 Å². The number of hydrogen-bond acceptors (Lipinski definition) is 3. The van der Waals surface area contributed by atoms with Crippen LogP contribution in [0.4, 0.5) is 5.69 Å². The van der Waals surface area contributed by atoms with Gasteiger partial charge in [0, 0.05) is 23.4 Å². The number of anilines is 1. The smallest absolute Gasteiger partial charge is 0.255 e. The van der Waals surface area contributed by atoms with Gasteiger partial charge in [0.2, 0.25) is 5.91 Å². The number of carbonyl (C=O) groups is 3. The van der Waals surface area contributed by atoms with Crippen LogP contribution in [0.3, 0.4) is 0 Å². The molecule has 0 atom stereocenters. The monoisotopic (exact) mass is 401 g/mol. The quantitative estimate of drug-likeness (QED) is 0.542. The summed E-state index contributed by atoms with van der Waals surface area (Å²) >= 11 is 0. The Kier molecular flexibility index (Phi) is 7.33. The molecule has 3 aromatic carbocycles. The molecule has 3 rings (SSSR count). The predicted molar refractivity (Wildman–Crippen MR) is 116 cm³/mol. The highest BCUT2D eigenvalue weighted by Crippen LogP contribution is 2.11. The summed E-state index contributed by atoms with van der Waals surface area (Å²) in [5.41, 5.74) is 2.68. The molecule has 0 spiro atoms. The first-order valence-corrected chi connectivity index (χ1v) is 9.67. The second kappa shape index (κ2) is 10.6. The Balaban J connectivity index is 1.42. The van der Waals surface area contributed by atoms with Gasteiger partial charge >= 0.3 is 0 Å². The Morgan fingerprint density at radius 2 is 1.23 bits per heavy atom. The lowest BCUT2D eigenvalue weighted by molar-refractivity contribution is -0.120. The van der Waals surface area contributed by atoms with E-state index in [9.17, 15) is 14.4 Å². The number of benzene rings is 3. The Bertz CT molecular complexity index is 987. The first kappa shape index (κ1) is 20.8. The summed E-state index contributed by atoms with van der Waals surface area (Å²) < 4.78 is 0. The molecule has 0 unspecified atom stereocenters. The minimum Gasteiger partial charge on any atom is -0.354 e. The molecule has 0 bridgehead atoms. The molecular formula is C24H23N3O3. The normalized spacial score (nSPS) is 10.1. The first-order valence-electron chi connectivity index (χ1n) is 9.67. The average molecular weight is 401 g/mol. The van der Waals surface area contributed by atoms with Crippen molar-refractivity contribution >= 4 is 23.4 Å². The highest BCUT2D eigenvalue weighted by atomic mass is 16.2. The third kappa shape index (κ3) is 6.31. The van der Waals surface area contributed by atoms with Gasteiger partial charge in [-0.05, 0) is 48.4 Å². The maximum atomic E-state index is 12.2. The number of rotatable bonds is 8. The predicted octanol–water partition coefficient (Wildman–Crippen LogP) is 3.03. The Morgan fingerprint density at radius 1 is 0.633 bits per heavy atom. The molecule has 0 aliphatic carbocycles. The number of carbonyl (C=O) groups excluding carboxylic acids is 3. The summed E-state index contributed by atoms with van der Waals surface area (Å²) in [5.74, 6) is -0.819. The van der Waals surface area contributed by atoms with E-state index in [2.05, 4.69) is 16.0 Å². The second-order valence-electron chi connectivity index (χ2n) is 6.67. The zero-order valence-corrected chi connectivity index (χ0v) is 16.4. The minimum atomic E-state index is -0.353. The van der Waals surface area contributed by atoms with Crippen LogP contribution in [0.5, 0.6) is 0 Å². The average Bonchev–Trinajstić information content (AvgIpc) is 2.79. The molecule has 0 aliphatic rings. The van der Waals surface area contributed by atoms with Crippen molar-refractivity contribution < 1.29 is 14.4 Å². The van der Waals surface area contributed by atoms with E-state index in [1.54, 1.807) is 48.5 Å². The van der Waals surface area contributed by atoms with Gasteiger partial charge in [0.1, 0.15) is 0 Å². The molecule has 0 aliphatic heterocycles. The van der Waals surface area contributed by atoms with E-state index >= 15 is 0 Å². The lowest BCUT2D eigenvalue weighted by Gasteiger charge is -2.08. The molecule has 0 heterocycles. The van der Waals surface area contributed by atoms with Crippen molar-refractivity contribution in [2.75, 3.05) is 18.4 Å². The van der Waals surface area contributed by atoms with Crippen LogP contribution in [0.2, 0.25) is 0 Å². The van der Waals surface area contributed by atoms with Gasteiger partial charge in [-0.2, -0.15) is 0 Å². The van der Waals surface area contributed by atoms with Gasteiger partial charge in [0.05, 0.1) is 6.54 Å². The first-order chi connectivity index (χ1) is 14.6. The van der Waals surface area contributed by atoms with E-state index < -0.39 is 0 Å². The van der Waals surface area contributed by atoms with Crippen molar-refractivity contribution in [3.63, 3.8) is 0 Å². The van der Waals surface area contributed by atoms with Gasteiger partial charge in [0.25, 0.3) is 11.8 Å². The molecule has 3 amide bonds. The fraction of sp³-hybridized carbons (Fsp3) is 0.125. The van der Waals surface area contributed by atoms with E-state index in [0.29, 0.717) is 23.4 Å². The van der Waals surface area contributed by atoms with Crippen molar-refractivity contribution in [3.8, 4) is 0 Å². The second-order valence-corrected chi connectivity index (χ2v) is 6.67. The van der Waals surface area contributed by atoms with Crippen LogP contribution in [-0.2, 0) is 11.2 Å². The van der Waals surface area contributed by atoms with Crippen LogP contribution in [0, 0.1) is 0 Å². The number of nitrogens with one attached hydrogen (secondary N) is 3. The zero-order valence-electron chi connectivity index (χ0n) is 16.4. The summed E-state index contributed by atoms with van der Waals surface area (Å²) in [4.78, 5) is 36.3. The minimum absolute atomic E-state index is 0.0971. The lowest BCUT2D eigenvalue weighted by Crippen LogP contribution is -2.37. The molecule has 0 saturated carbocycles. The molecule has 0 radical (unpaired) electrons. The Labute approximate surface area is 175 Å². The molecule has 0 saturated heterocycles. The van der Waals surface area contributed by atoms with Gasteiger partial charge in [-0.25, -0.2) is 0 Å². The van der Waals surface area contributed by atoms with Gasteiger partial charge < -0.3 is 16.0 Å². The van der Waals surface area contributed by atoms with Crippen LogP contribution in [0.15, 0.2) is 84.9 Å². The van der Waals surface area contributed by atoms with Gasteiger partial charge in [-0.1, -0.05) is 48.5 Å². The van der Waals surface area contributed by atoms with Crippen molar-refractivity contribution in [2.24, 2.45) is 0 Å². The third-order valence-electron chi connectivity index (χ3n) is 4.43. The molecule has 3 aromatic rings. The highest BCUT2D eigenvalue weighted by molar-refractivity contribution is 6.04. The molecule has 3 N–H and O–H groups in total. The van der Waals surface area contributed by atoms with E-state index in [-0.39, 0.29) is 24.3 Å². The summed E-state index contributed by atoms with van der Waals surface area (Å²) in [7, 11) is 0. The maximum absolute atomic E-state index is 12.2. The topological polar surface area (TPSA) is 87.3 Å². The number of amides is 3. The van der Waals surface area contributed by atoms with Crippen molar-refractivity contribution in [1.82, 2.24) is 10.6 Å². The van der Waals surface area contributed by atoms with Crippen LogP contribution in [0.25, 0.3) is 0 Å². The van der Waals surface area contributed by atoms with Gasteiger partial charge in [-0.15, -0.1) is 0 Å². The Hall–Kier alpha value is -3.93. The van der Waals surface area contributed by atoms with Gasteiger partial charge in [-0.3, -0.25) is 14.4 Å². The SMILES string of the molecule is O=C(CNC(=O)c1ccc(NC(=O)c2ccccc2)cc1)NCCc1ccccc1. The fourth-order valence-electron chi connectivity index (χ4n) is 2.81. The third-order valence-corrected chi connectivity index (χ3v) is 4.43. The molecule has 0 aromatic heterocycles. The van der Waals surface area contributed by atoms with Crippen molar-refractivity contribution in [2.45, 2.75) is 6.42 Å². The summed E-state index contributed by atoms with van der Waals surface area (Å²) in [6.45, 7) is 0.411.